The van der Waals surface area contributed by atoms with Gasteiger partial charge in [0, 0.05) is 5.02 Å². The zero-order valence-electron chi connectivity index (χ0n) is 15.0. The van der Waals surface area contributed by atoms with Crippen LogP contribution in [0.1, 0.15) is 6.92 Å². The van der Waals surface area contributed by atoms with Gasteiger partial charge in [-0.3, -0.25) is 4.79 Å². The Hall–Kier alpha value is -2.86. The Bertz CT molecular complexity index is 1050. The molecule has 1 atom stereocenters. The minimum Gasteiger partial charge on any atom is -0.406 e. The maximum Gasteiger partial charge on any atom is 0.573 e. The summed E-state index contributed by atoms with van der Waals surface area (Å²) in [6.45, 7) is 1.56. The Morgan fingerprint density at radius 1 is 1.23 bits per heavy atom. The molecule has 0 bridgehead atoms. The van der Waals surface area contributed by atoms with Crippen LogP contribution in [0.25, 0.3) is 5.69 Å². The topological polar surface area (TPSA) is 81.9 Å². The molecule has 0 saturated carbocycles. The smallest absolute Gasteiger partial charge is 0.406 e. The first kappa shape index (κ1) is 21.8. The first-order valence-electron chi connectivity index (χ1n) is 8.19. The van der Waals surface area contributed by atoms with Crippen molar-refractivity contribution >= 4 is 35.0 Å². The van der Waals surface area contributed by atoms with Gasteiger partial charge in [-0.15, -0.1) is 18.3 Å². The van der Waals surface area contributed by atoms with E-state index in [1.54, 1.807) is 6.92 Å². The summed E-state index contributed by atoms with van der Waals surface area (Å²) in [4.78, 5) is 12.4. The number of halogens is 5. The fraction of sp³-hybridized carbons (Fsp3) is 0.176. The molecule has 3 rings (SSSR count). The van der Waals surface area contributed by atoms with Gasteiger partial charge in [-0.1, -0.05) is 23.4 Å². The van der Waals surface area contributed by atoms with Crippen molar-refractivity contribution in [3.8, 4) is 11.4 Å². The molecule has 0 radical (unpaired) electrons. The molecule has 0 aliphatic heterocycles. The van der Waals surface area contributed by atoms with E-state index >= 15 is 0 Å². The van der Waals surface area contributed by atoms with E-state index in [2.05, 4.69) is 25.6 Å². The molecule has 1 heterocycles. The summed E-state index contributed by atoms with van der Waals surface area (Å²) in [5.74, 6) is -1.59. The van der Waals surface area contributed by atoms with Gasteiger partial charge < -0.3 is 10.1 Å². The minimum absolute atomic E-state index is 0.0308. The fourth-order valence-corrected chi connectivity index (χ4v) is 3.21. The van der Waals surface area contributed by atoms with E-state index < -0.39 is 29.1 Å². The standard InChI is InChI=1S/C17H12ClF4N5O2S/c1-9(15(28)23-14-7-2-10(18)8-13(14)19)30-16-24-25-26-27(16)11-3-5-12(6-4-11)29-17(20,21)22/h2-9H,1H3,(H,23,28). The third-order valence-electron chi connectivity index (χ3n) is 3.60. The van der Waals surface area contributed by atoms with Crippen molar-refractivity contribution in [2.24, 2.45) is 0 Å². The lowest BCUT2D eigenvalue weighted by Crippen LogP contribution is -2.23. The van der Waals surface area contributed by atoms with Crippen LogP contribution in [-0.2, 0) is 4.79 Å². The number of carbonyl (C=O) groups is 1. The normalized spacial score (nSPS) is 12.5. The minimum atomic E-state index is -4.80. The molecule has 1 amide bonds. The number of ether oxygens (including phenoxy) is 1. The zero-order chi connectivity index (χ0) is 21.9. The number of nitrogens with zero attached hydrogens (tertiary/aromatic N) is 4. The number of carbonyl (C=O) groups excluding carboxylic acids is 1. The van der Waals surface area contributed by atoms with Crippen LogP contribution in [0.4, 0.5) is 23.2 Å². The highest BCUT2D eigenvalue weighted by molar-refractivity contribution is 8.00. The van der Waals surface area contributed by atoms with Crippen molar-refractivity contribution in [1.82, 2.24) is 20.2 Å². The molecule has 0 aliphatic rings. The first-order chi connectivity index (χ1) is 14.1. The Morgan fingerprint density at radius 3 is 2.57 bits per heavy atom. The monoisotopic (exact) mass is 461 g/mol. The summed E-state index contributed by atoms with van der Waals surface area (Å²) in [7, 11) is 0. The number of alkyl halides is 3. The Balaban J connectivity index is 1.69. The van der Waals surface area contributed by atoms with Gasteiger partial charge in [-0.25, -0.2) is 4.39 Å². The molecule has 158 valence electrons. The van der Waals surface area contributed by atoms with Crippen molar-refractivity contribution < 1.29 is 27.1 Å². The SMILES string of the molecule is CC(Sc1nnnn1-c1ccc(OC(F)(F)F)cc1)C(=O)Nc1ccc(Cl)cc1F. The molecule has 3 aromatic rings. The lowest BCUT2D eigenvalue weighted by atomic mass is 10.3. The highest BCUT2D eigenvalue weighted by Crippen LogP contribution is 2.27. The molecule has 2 aromatic carbocycles. The summed E-state index contributed by atoms with van der Waals surface area (Å²) < 4.78 is 55.7. The van der Waals surface area contributed by atoms with Crippen LogP contribution in [-0.4, -0.2) is 37.7 Å². The number of hydrogen-bond acceptors (Lipinski definition) is 6. The van der Waals surface area contributed by atoms with E-state index in [9.17, 15) is 22.4 Å². The summed E-state index contributed by atoms with van der Waals surface area (Å²) in [6, 6.07) is 8.72. The van der Waals surface area contributed by atoms with Gasteiger partial charge >= 0.3 is 6.36 Å². The molecule has 0 saturated heterocycles. The van der Waals surface area contributed by atoms with E-state index in [1.165, 1.54) is 28.9 Å². The number of tetrazole rings is 1. The number of aromatic nitrogens is 4. The number of rotatable bonds is 6. The fourth-order valence-electron chi connectivity index (χ4n) is 2.24. The first-order valence-corrected chi connectivity index (χ1v) is 9.45. The van der Waals surface area contributed by atoms with Crippen molar-refractivity contribution in [1.29, 1.82) is 0 Å². The molecule has 1 unspecified atom stereocenters. The van der Waals surface area contributed by atoms with Crippen molar-refractivity contribution in [3.05, 3.63) is 53.3 Å². The van der Waals surface area contributed by atoms with Gasteiger partial charge in [0.05, 0.1) is 16.6 Å². The summed E-state index contributed by atoms with van der Waals surface area (Å²) in [6.07, 6.45) is -4.80. The molecular formula is C17H12ClF4N5O2S. The number of hydrogen-bond donors (Lipinski definition) is 1. The summed E-state index contributed by atoms with van der Waals surface area (Å²) >= 11 is 6.66. The molecule has 30 heavy (non-hydrogen) atoms. The van der Waals surface area contributed by atoms with Gasteiger partial charge in [-0.2, -0.15) is 4.68 Å². The predicted molar refractivity (Wildman–Crippen MR) is 101 cm³/mol. The zero-order valence-corrected chi connectivity index (χ0v) is 16.6. The number of nitrogens with one attached hydrogen (secondary N) is 1. The van der Waals surface area contributed by atoms with E-state index in [1.807, 2.05) is 0 Å². The van der Waals surface area contributed by atoms with Gasteiger partial charge in [0.1, 0.15) is 11.6 Å². The number of amides is 1. The molecule has 7 nitrogen and oxygen atoms in total. The van der Waals surface area contributed by atoms with Crippen LogP contribution >= 0.6 is 23.4 Å². The van der Waals surface area contributed by atoms with Crippen molar-refractivity contribution in [2.75, 3.05) is 5.32 Å². The van der Waals surface area contributed by atoms with Crippen LogP contribution in [0.15, 0.2) is 47.6 Å². The lowest BCUT2D eigenvalue weighted by molar-refractivity contribution is -0.274. The van der Waals surface area contributed by atoms with Crippen molar-refractivity contribution in [3.63, 3.8) is 0 Å². The molecule has 1 aromatic heterocycles. The highest BCUT2D eigenvalue weighted by Gasteiger charge is 2.31. The van der Waals surface area contributed by atoms with Crippen LogP contribution < -0.4 is 10.1 Å². The third kappa shape index (κ3) is 5.60. The van der Waals surface area contributed by atoms with Gasteiger partial charge in [0.15, 0.2) is 0 Å². The molecule has 0 aliphatic carbocycles. The predicted octanol–water partition coefficient (Wildman–Crippen LogP) is 4.47. The van der Waals surface area contributed by atoms with Crippen LogP contribution in [0, 0.1) is 5.82 Å². The molecule has 1 N–H and O–H groups in total. The number of benzene rings is 2. The van der Waals surface area contributed by atoms with E-state index in [4.69, 9.17) is 11.6 Å². The summed E-state index contributed by atoms with van der Waals surface area (Å²) in [5.41, 5.74) is 0.324. The van der Waals surface area contributed by atoms with Crippen LogP contribution in [0.5, 0.6) is 5.75 Å². The van der Waals surface area contributed by atoms with Gasteiger partial charge in [0.2, 0.25) is 11.1 Å². The van der Waals surface area contributed by atoms with Crippen LogP contribution in [0.3, 0.4) is 0 Å². The maximum absolute atomic E-state index is 13.8. The maximum atomic E-state index is 13.8. The quantitative estimate of drug-likeness (QED) is 0.431. The molecule has 0 fully saturated rings. The van der Waals surface area contributed by atoms with E-state index in [-0.39, 0.29) is 15.9 Å². The number of anilines is 1. The highest BCUT2D eigenvalue weighted by atomic mass is 35.5. The molecule has 0 spiro atoms. The van der Waals surface area contributed by atoms with E-state index in [0.29, 0.717) is 5.69 Å². The largest absolute Gasteiger partial charge is 0.573 e. The Labute approximate surface area is 176 Å². The summed E-state index contributed by atoms with van der Waals surface area (Å²) in [5, 5.41) is 13.2. The second kappa shape index (κ2) is 8.88. The Kier molecular flexibility index (Phi) is 6.46. The average Bonchev–Trinajstić information content (AvgIpc) is 3.11. The molecule has 13 heteroatoms. The average molecular weight is 462 g/mol. The van der Waals surface area contributed by atoms with Crippen LogP contribution in [0.2, 0.25) is 5.02 Å². The Morgan fingerprint density at radius 2 is 1.93 bits per heavy atom. The van der Waals surface area contributed by atoms with Crippen molar-refractivity contribution in [2.45, 2.75) is 23.7 Å². The third-order valence-corrected chi connectivity index (χ3v) is 4.86. The molecular weight excluding hydrogens is 450 g/mol. The lowest BCUT2D eigenvalue weighted by Gasteiger charge is -2.13. The van der Waals surface area contributed by atoms with E-state index in [0.717, 1.165) is 30.0 Å². The second-order valence-electron chi connectivity index (χ2n) is 5.79. The van der Waals surface area contributed by atoms with Gasteiger partial charge in [0.25, 0.3) is 0 Å². The van der Waals surface area contributed by atoms with Gasteiger partial charge in [-0.05, 0) is 59.8 Å². The number of thioether (sulfide) groups is 1. The second-order valence-corrected chi connectivity index (χ2v) is 7.53.